The number of rotatable bonds is 3. The average Bonchev–Trinajstić information content (AvgIpc) is 2.87. The normalized spacial score (nSPS) is 28.4. The number of aromatic nitrogens is 3. The van der Waals surface area contributed by atoms with Crippen molar-refractivity contribution in [3.8, 4) is 5.69 Å². The molecule has 19 heavy (non-hydrogen) atoms. The van der Waals surface area contributed by atoms with Crippen LogP contribution in [-0.4, -0.2) is 19.9 Å². The zero-order valence-corrected chi connectivity index (χ0v) is 10.7. The Kier molecular flexibility index (Phi) is 2.45. The summed E-state index contributed by atoms with van der Waals surface area (Å²) in [6.45, 7) is -0.0655. The molecule has 0 saturated heterocycles. The molecule has 0 spiro atoms. The molecule has 2 aliphatic carbocycles. The van der Waals surface area contributed by atoms with Crippen LogP contribution in [-0.2, 0) is 6.61 Å². The van der Waals surface area contributed by atoms with Crippen LogP contribution in [0, 0.1) is 11.8 Å². The van der Waals surface area contributed by atoms with Gasteiger partial charge in [-0.1, -0.05) is 24.6 Å². The van der Waals surface area contributed by atoms with Crippen LogP contribution >= 0.6 is 0 Å². The van der Waals surface area contributed by atoms with Gasteiger partial charge in [0.1, 0.15) is 12.4 Å². The van der Waals surface area contributed by atoms with Gasteiger partial charge < -0.3 is 5.11 Å². The van der Waals surface area contributed by atoms with E-state index in [1.165, 1.54) is 19.3 Å². The van der Waals surface area contributed by atoms with Crippen molar-refractivity contribution in [2.24, 2.45) is 11.8 Å². The van der Waals surface area contributed by atoms with Crippen LogP contribution in [0.2, 0.25) is 0 Å². The Balaban J connectivity index is 1.78. The van der Waals surface area contributed by atoms with Crippen molar-refractivity contribution in [3.63, 3.8) is 0 Å². The van der Waals surface area contributed by atoms with Crippen LogP contribution in [0.5, 0.6) is 0 Å². The Labute approximate surface area is 112 Å². The van der Waals surface area contributed by atoms with Gasteiger partial charge in [-0.05, 0) is 36.8 Å². The maximum Gasteiger partial charge on any atom is 0.163 e. The van der Waals surface area contributed by atoms with Crippen molar-refractivity contribution in [2.45, 2.75) is 31.8 Å². The summed E-state index contributed by atoms with van der Waals surface area (Å²) in [7, 11) is 0. The summed E-state index contributed by atoms with van der Waals surface area (Å²) in [4.78, 5) is 0. The third-order valence-electron chi connectivity index (χ3n) is 4.62. The second-order valence-corrected chi connectivity index (χ2v) is 5.59. The van der Waals surface area contributed by atoms with Gasteiger partial charge >= 0.3 is 0 Å². The molecule has 4 nitrogen and oxygen atoms in total. The highest BCUT2D eigenvalue weighted by Crippen LogP contribution is 2.62. The lowest BCUT2D eigenvalue weighted by Crippen LogP contribution is -2.06. The van der Waals surface area contributed by atoms with Crippen LogP contribution < -0.4 is 0 Å². The molecule has 2 aromatic rings. The van der Waals surface area contributed by atoms with E-state index in [2.05, 4.69) is 10.2 Å². The van der Waals surface area contributed by atoms with Crippen LogP contribution in [0.4, 0.5) is 0 Å². The van der Waals surface area contributed by atoms with Crippen LogP contribution in [0.3, 0.4) is 0 Å². The van der Waals surface area contributed by atoms with Gasteiger partial charge in [0, 0.05) is 11.6 Å². The topological polar surface area (TPSA) is 50.9 Å². The fourth-order valence-electron chi connectivity index (χ4n) is 3.71. The molecule has 1 N–H and O–H groups in total. The van der Waals surface area contributed by atoms with E-state index in [4.69, 9.17) is 0 Å². The first-order valence-corrected chi connectivity index (χ1v) is 7.00. The second kappa shape index (κ2) is 4.17. The molecule has 2 unspecified atom stereocenters. The molecule has 0 bridgehead atoms. The highest BCUT2D eigenvalue weighted by atomic mass is 16.3. The van der Waals surface area contributed by atoms with Gasteiger partial charge in [0.25, 0.3) is 0 Å². The van der Waals surface area contributed by atoms with E-state index in [1.807, 2.05) is 34.9 Å². The Hall–Kier alpha value is -1.68. The van der Waals surface area contributed by atoms with Crippen molar-refractivity contribution in [2.75, 3.05) is 0 Å². The third-order valence-corrected chi connectivity index (χ3v) is 4.62. The highest BCUT2D eigenvalue weighted by Gasteiger charge is 2.55. The third kappa shape index (κ3) is 1.63. The molecule has 4 heteroatoms. The Morgan fingerprint density at radius 3 is 2.53 bits per heavy atom. The smallest absolute Gasteiger partial charge is 0.163 e. The molecule has 0 amide bonds. The number of aliphatic hydroxyl groups is 1. The summed E-state index contributed by atoms with van der Waals surface area (Å²) >= 11 is 0. The molecule has 0 radical (unpaired) electrons. The lowest BCUT2D eigenvalue weighted by Gasteiger charge is -2.10. The number of fused-ring (bicyclic) bond motifs is 1. The fourth-order valence-corrected chi connectivity index (χ4v) is 3.71. The molecule has 1 aromatic heterocycles. The van der Waals surface area contributed by atoms with Gasteiger partial charge in [-0.25, -0.2) is 0 Å². The molecule has 1 aromatic carbocycles. The van der Waals surface area contributed by atoms with E-state index in [-0.39, 0.29) is 6.61 Å². The highest BCUT2D eigenvalue weighted by molar-refractivity contribution is 5.36. The van der Waals surface area contributed by atoms with Crippen LogP contribution in [0.1, 0.15) is 36.8 Å². The maximum absolute atomic E-state index is 9.47. The van der Waals surface area contributed by atoms with Gasteiger partial charge in [-0.2, -0.15) is 0 Å². The SMILES string of the molecule is OCc1nnc(C2C3CCCC32)n1-c1ccccc1. The van der Waals surface area contributed by atoms with Crippen molar-refractivity contribution in [1.29, 1.82) is 0 Å². The van der Waals surface area contributed by atoms with Crippen molar-refractivity contribution in [1.82, 2.24) is 14.8 Å². The largest absolute Gasteiger partial charge is 0.388 e. The molecule has 4 rings (SSSR count). The number of benzene rings is 1. The lowest BCUT2D eigenvalue weighted by atomic mass is 10.1. The molecule has 2 atom stereocenters. The molecule has 2 aliphatic rings. The summed E-state index contributed by atoms with van der Waals surface area (Å²) in [5.41, 5.74) is 1.05. The first kappa shape index (κ1) is 11.2. The van der Waals surface area contributed by atoms with E-state index >= 15 is 0 Å². The van der Waals surface area contributed by atoms with E-state index < -0.39 is 0 Å². The van der Waals surface area contributed by atoms with E-state index in [9.17, 15) is 5.11 Å². The Bertz CT molecular complexity index is 583. The quantitative estimate of drug-likeness (QED) is 0.915. The van der Waals surface area contributed by atoms with Gasteiger partial charge in [0.2, 0.25) is 0 Å². The minimum Gasteiger partial charge on any atom is -0.388 e. The molecular weight excluding hydrogens is 238 g/mol. The molecule has 1 heterocycles. The number of nitrogens with zero attached hydrogens (tertiary/aromatic N) is 3. The first-order valence-electron chi connectivity index (χ1n) is 7.00. The van der Waals surface area contributed by atoms with Crippen molar-refractivity contribution < 1.29 is 5.11 Å². The van der Waals surface area contributed by atoms with Gasteiger partial charge in [-0.15, -0.1) is 10.2 Å². The Morgan fingerprint density at radius 2 is 1.84 bits per heavy atom. The summed E-state index contributed by atoms with van der Waals surface area (Å²) in [6.07, 6.45) is 4.01. The monoisotopic (exact) mass is 255 g/mol. The molecule has 0 aliphatic heterocycles. The van der Waals surface area contributed by atoms with Gasteiger partial charge in [0.05, 0.1) is 0 Å². The van der Waals surface area contributed by atoms with E-state index in [0.717, 1.165) is 23.3 Å². The van der Waals surface area contributed by atoms with Crippen molar-refractivity contribution in [3.05, 3.63) is 42.0 Å². The summed E-state index contributed by atoms with van der Waals surface area (Å²) in [6, 6.07) is 10.1. The zero-order chi connectivity index (χ0) is 12.8. The standard InChI is InChI=1S/C15H17N3O/c19-9-13-16-17-15(14-11-7-4-8-12(11)14)18(13)10-5-2-1-3-6-10/h1-3,5-6,11-12,14,19H,4,7-9H2. The number of para-hydroxylation sites is 1. The number of aliphatic hydroxyl groups excluding tert-OH is 1. The van der Waals surface area contributed by atoms with Gasteiger partial charge in [0.15, 0.2) is 5.82 Å². The molecule has 98 valence electrons. The number of hydrogen-bond acceptors (Lipinski definition) is 3. The zero-order valence-electron chi connectivity index (χ0n) is 10.7. The minimum atomic E-state index is -0.0655. The number of hydrogen-bond donors (Lipinski definition) is 1. The second-order valence-electron chi connectivity index (χ2n) is 5.59. The fraction of sp³-hybridized carbons (Fsp3) is 0.467. The predicted molar refractivity (Wildman–Crippen MR) is 70.9 cm³/mol. The minimum absolute atomic E-state index is 0.0655. The van der Waals surface area contributed by atoms with Crippen LogP contribution in [0.25, 0.3) is 5.69 Å². The van der Waals surface area contributed by atoms with Crippen molar-refractivity contribution >= 4 is 0 Å². The maximum atomic E-state index is 9.47. The molecular formula is C15H17N3O. The predicted octanol–water partition coefficient (Wildman–Crippen LogP) is 2.27. The average molecular weight is 255 g/mol. The summed E-state index contributed by atoms with van der Waals surface area (Å²) < 4.78 is 2.04. The Morgan fingerprint density at radius 1 is 1.11 bits per heavy atom. The summed E-state index contributed by atoms with van der Waals surface area (Å²) in [5, 5.41) is 18.0. The first-order chi connectivity index (χ1) is 9.40. The lowest BCUT2D eigenvalue weighted by molar-refractivity contribution is 0.268. The van der Waals surface area contributed by atoms with E-state index in [0.29, 0.717) is 11.7 Å². The van der Waals surface area contributed by atoms with E-state index in [1.54, 1.807) is 0 Å². The summed E-state index contributed by atoms with van der Waals surface area (Å²) in [5.74, 6) is 3.86. The van der Waals surface area contributed by atoms with Gasteiger partial charge in [-0.3, -0.25) is 4.57 Å². The molecule has 2 saturated carbocycles. The van der Waals surface area contributed by atoms with Crippen LogP contribution in [0.15, 0.2) is 30.3 Å². The molecule has 2 fully saturated rings.